The molecule has 0 amide bonds. The van der Waals surface area contributed by atoms with E-state index in [1.54, 1.807) is 19.9 Å². The van der Waals surface area contributed by atoms with Crippen molar-refractivity contribution in [2.45, 2.75) is 18.7 Å². The molecular formula is C12H11N5O2S. The maximum atomic E-state index is 12.1. The molecule has 8 heteroatoms. The van der Waals surface area contributed by atoms with Gasteiger partial charge in [0.1, 0.15) is 16.7 Å². The Morgan fingerprint density at radius 3 is 2.35 bits per heavy atom. The number of nitrogens with one attached hydrogen (secondary N) is 1. The molecule has 0 aliphatic heterocycles. The molecule has 0 spiro atoms. The molecule has 1 N–H and O–H groups in total. The molecule has 0 radical (unpaired) electrons. The third kappa shape index (κ3) is 3.07. The Bertz CT molecular complexity index is 758. The van der Waals surface area contributed by atoms with Crippen LogP contribution in [-0.2, 0) is 10.0 Å². The Kier molecular flexibility index (Phi) is 3.63. The summed E-state index contributed by atoms with van der Waals surface area (Å²) in [6.45, 7) is 3.49. The number of nitriles is 1. The van der Waals surface area contributed by atoms with E-state index in [9.17, 15) is 8.42 Å². The van der Waals surface area contributed by atoms with Crippen molar-refractivity contribution in [2.75, 3.05) is 4.72 Å². The first-order valence-electron chi connectivity index (χ1n) is 5.62. The third-order valence-corrected chi connectivity index (χ3v) is 3.68. The first-order valence-corrected chi connectivity index (χ1v) is 7.10. The minimum Gasteiger partial charge on any atom is -0.247 e. The van der Waals surface area contributed by atoms with Gasteiger partial charge in [-0.05, 0) is 32.0 Å². The maximum Gasteiger partial charge on any atom is 0.265 e. The van der Waals surface area contributed by atoms with Gasteiger partial charge in [-0.1, -0.05) is 0 Å². The molecule has 0 unspecified atom stereocenters. The van der Waals surface area contributed by atoms with Gasteiger partial charge >= 0.3 is 0 Å². The number of hydrogen-bond donors (Lipinski definition) is 1. The van der Waals surface area contributed by atoms with Gasteiger partial charge in [-0.2, -0.15) is 5.26 Å². The predicted octanol–water partition coefficient (Wildman–Crippen LogP) is 1.16. The zero-order valence-electron chi connectivity index (χ0n) is 10.8. The van der Waals surface area contributed by atoms with Crippen LogP contribution in [0.5, 0.6) is 0 Å². The number of pyridine rings is 1. The van der Waals surface area contributed by atoms with E-state index >= 15 is 0 Å². The van der Waals surface area contributed by atoms with Gasteiger partial charge in [-0.25, -0.2) is 28.1 Å². The number of aryl methyl sites for hydroxylation is 2. The van der Waals surface area contributed by atoms with Crippen molar-refractivity contribution in [3.63, 3.8) is 0 Å². The summed E-state index contributed by atoms with van der Waals surface area (Å²) < 4.78 is 26.5. The highest BCUT2D eigenvalue weighted by Gasteiger charge is 2.16. The summed E-state index contributed by atoms with van der Waals surface area (Å²) in [4.78, 5) is 11.7. The average molecular weight is 289 g/mol. The van der Waals surface area contributed by atoms with E-state index in [2.05, 4.69) is 19.7 Å². The summed E-state index contributed by atoms with van der Waals surface area (Å²) in [5, 5.41) is 8.63. The molecular weight excluding hydrogens is 278 g/mol. The number of aromatic nitrogens is 3. The summed E-state index contributed by atoms with van der Waals surface area (Å²) in [5.74, 6) is 0.00635. The molecule has 2 aromatic heterocycles. The van der Waals surface area contributed by atoms with E-state index in [1.807, 2.05) is 6.07 Å². The van der Waals surface area contributed by atoms with Gasteiger partial charge in [0.25, 0.3) is 10.0 Å². The van der Waals surface area contributed by atoms with Gasteiger partial charge < -0.3 is 0 Å². The van der Waals surface area contributed by atoms with Crippen LogP contribution >= 0.6 is 0 Å². The molecule has 2 rings (SSSR count). The Morgan fingerprint density at radius 1 is 1.20 bits per heavy atom. The van der Waals surface area contributed by atoms with Crippen molar-refractivity contribution in [1.29, 1.82) is 5.26 Å². The summed E-state index contributed by atoms with van der Waals surface area (Å²) >= 11 is 0. The number of sulfonamides is 1. The van der Waals surface area contributed by atoms with E-state index in [0.717, 1.165) is 6.20 Å². The van der Waals surface area contributed by atoms with Crippen LogP contribution < -0.4 is 4.72 Å². The molecule has 0 fully saturated rings. The highest BCUT2D eigenvalue weighted by Crippen LogP contribution is 2.13. The first kappa shape index (κ1) is 13.9. The second-order valence-corrected chi connectivity index (χ2v) is 5.75. The monoisotopic (exact) mass is 289 g/mol. The van der Waals surface area contributed by atoms with Gasteiger partial charge in [0.2, 0.25) is 5.95 Å². The number of anilines is 1. The van der Waals surface area contributed by atoms with Crippen molar-refractivity contribution in [3.05, 3.63) is 41.5 Å². The lowest BCUT2D eigenvalue weighted by molar-refractivity contribution is 0.600. The molecule has 0 atom stereocenters. The number of rotatable bonds is 3. The van der Waals surface area contributed by atoms with Crippen LogP contribution in [0, 0.1) is 25.2 Å². The van der Waals surface area contributed by atoms with Crippen molar-refractivity contribution in [2.24, 2.45) is 0 Å². The number of hydrogen-bond acceptors (Lipinski definition) is 6. The Hall–Kier alpha value is -2.53. The van der Waals surface area contributed by atoms with E-state index in [0.29, 0.717) is 11.4 Å². The molecule has 7 nitrogen and oxygen atoms in total. The predicted molar refractivity (Wildman–Crippen MR) is 71.3 cm³/mol. The molecule has 0 aromatic carbocycles. The third-order valence-electron chi connectivity index (χ3n) is 2.37. The molecule has 2 heterocycles. The highest BCUT2D eigenvalue weighted by atomic mass is 32.2. The molecule has 20 heavy (non-hydrogen) atoms. The average Bonchev–Trinajstić information content (AvgIpc) is 2.37. The van der Waals surface area contributed by atoms with Gasteiger partial charge in [0.15, 0.2) is 0 Å². The Morgan fingerprint density at radius 2 is 1.85 bits per heavy atom. The SMILES string of the molecule is Cc1cc(C)nc(NS(=O)(=O)c2ccc(C#N)nc2)n1. The zero-order chi connectivity index (χ0) is 14.8. The van der Waals surface area contributed by atoms with Crippen molar-refractivity contribution in [1.82, 2.24) is 15.0 Å². The molecule has 0 aliphatic rings. The van der Waals surface area contributed by atoms with Crippen molar-refractivity contribution < 1.29 is 8.42 Å². The molecule has 0 saturated heterocycles. The van der Waals surface area contributed by atoms with Crippen LogP contribution in [-0.4, -0.2) is 23.4 Å². The molecule has 102 valence electrons. The number of nitrogens with zero attached hydrogens (tertiary/aromatic N) is 4. The lowest BCUT2D eigenvalue weighted by Gasteiger charge is -2.07. The standard InChI is InChI=1S/C12H11N5O2S/c1-8-5-9(2)16-12(15-8)17-20(18,19)11-4-3-10(6-13)14-7-11/h3-5,7H,1-2H3,(H,15,16,17). The van der Waals surface area contributed by atoms with E-state index in [4.69, 9.17) is 5.26 Å². The quantitative estimate of drug-likeness (QED) is 0.908. The minimum atomic E-state index is -3.82. The second-order valence-electron chi connectivity index (χ2n) is 4.07. The van der Waals surface area contributed by atoms with Crippen LogP contribution in [0.2, 0.25) is 0 Å². The highest BCUT2D eigenvalue weighted by molar-refractivity contribution is 7.92. The summed E-state index contributed by atoms with van der Waals surface area (Å²) in [7, 11) is -3.82. The minimum absolute atomic E-state index is 0.00635. The second kappa shape index (κ2) is 5.22. The van der Waals surface area contributed by atoms with Crippen LogP contribution in [0.15, 0.2) is 29.3 Å². The Labute approximate surface area is 116 Å². The van der Waals surface area contributed by atoms with E-state index < -0.39 is 10.0 Å². The van der Waals surface area contributed by atoms with Crippen LogP contribution in [0.1, 0.15) is 17.1 Å². The largest absolute Gasteiger partial charge is 0.265 e. The zero-order valence-corrected chi connectivity index (χ0v) is 11.6. The molecule has 0 aliphatic carbocycles. The molecule has 2 aromatic rings. The topological polar surface area (TPSA) is 109 Å². The fourth-order valence-corrected chi connectivity index (χ4v) is 2.44. The van der Waals surface area contributed by atoms with E-state index in [-0.39, 0.29) is 16.5 Å². The normalized spacial score (nSPS) is 10.8. The fourth-order valence-electron chi connectivity index (χ4n) is 1.56. The maximum absolute atomic E-state index is 12.1. The van der Waals surface area contributed by atoms with Gasteiger partial charge in [-0.15, -0.1) is 0 Å². The van der Waals surface area contributed by atoms with Gasteiger partial charge in [-0.3, -0.25) is 0 Å². The summed E-state index contributed by atoms with van der Waals surface area (Å²) in [6, 6.07) is 6.19. The summed E-state index contributed by atoms with van der Waals surface area (Å²) in [6.07, 6.45) is 1.11. The fraction of sp³-hybridized carbons (Fsp3) is 0.167. The van der Waals surface area contributed by atoms with Crippen LogP contribution in [0.4, 0.5) is 5.95 Å². The van der Waals surface area contributed by atoms with Crippen molar-refractivity contribution >= 4 is 16.0 Å². The Balaban J connectivity index is 2.33. The van der Waals surface area contributed by atoms with Crippen molar-refractivity contribution in [3.8, 4) is 6.07 Å². The van der Waals surface area contributed by atoms with Crippen LogP contribution in [0.3, 0.4) is 0 Å². The lowest BCUT2D eigenvalue weighted by atomic mass is 10.4. The lowest BCUT2D eigenvalue weighted by Crippen LogP contribution is -2.16. The first-order chi connectivity index (χ1) is 9.40. The molecule has 0 saturated carbocycles. The van der Waals surface area contributed by atoms with Gasteiger partial charge in [0.05, 0.1) is 0 Å². The smallest absolute Gasteiger partial charge is 0.247 e. The van der Waals surface area contributed by atoms with Crippen LogP contribution in [0.25, 0.3) is 0 Å². The van der Waals surface area contributed by atoms with Gasteiger partial charge in [0, 0.05) is 17.6 Å². The van der Waals surface area contributed by atoms with E-state index in [1.165, 1.54) is 12.1 Å². The molecule has 0 bridgehead atoms. The summed E-state index contributed by atoms with van der Waals surface area (Å²) in [5.41, 5.74) is 1.47.